The Morgan fingerprint density at radius 1 is 1.31 bits per heavy atom. The van der Waals surface area contributed by atoms with Crippen molar-refractivity contribution in [2.75, 3.05) is 26.7 Å². The Kier molecular flexibility index (Phi) is 6.67. The molecule has 0 aliphatic heterocycles. The fraction of sp³-hybridized carbons (Fsp3) is 0.800. The standard InChI is InChI=1S/C10H20N2O4/c1-7(10(15)16)4-12(5-8(2)13)6-9(14)11-3/h7-8,13H,4-6H2,1-3H3,(H,11,14)(H,15,16). The van der Waals surface area contributed by atoms with Crippen molar-refractivity contribution in [3.8, 4) is 0 Å². The summed E-state index contributed by atoms with van der Waals surface area (Å²) in [5.74, 6) is -1.67. The number of carboxylic acid groups (broad SMARTS) is 1. The van der Waals surface area contributed by atoms with Gasteiger partial charge in [-0.25, -0.2) is 0 Å². The van der Waals surface area contributed by atoms with Crippen molar-refractivity contribution >= 4 is 11.9 Å². The van der Waals surface area contributed by atoms with Crippen molar-refractivity contribution in [2.45, 2.75) is 20.0 Å². The second kappa shape index (κ2) is 7.19. The van der Waals surface area contributed by atoms with Gasteiger partial charge in [-0.15, -0.1) is 0 Å². The van der Waals surface area contributed by atoms with E-state index < -0.39 is 18.0 Å². The summed E-state index contributed by atoms with van der Waals surface area (Å²) in [6.07, 6.45) is -0.592. The number of amides is 1. The molecule has 0 rings (SSSR count). The highest BCUT2D eigenvalue weighted by atomic mass is 16.4. The summed E-state index contributed by atoms with van der Waals surface area (Å²) >= 11 is 0. The quantitative estimate of drug-likeness (QED) is 0.531. The van der Waals surface area contributed by atoms with Crippen molar-refractivity contribution in [3.05, 3.63) is 0 Å². The number of likely N-dealkylation sites (N-methyl/N-ethyl adjacent to an activating group) is 1. The zero-order valence-electron chi connectivity index (χ0n) is 9.93. The summed E-state index contributed by atoms with van der Waals surface area (Å²) in [5, 5.41) is 20.5. The van der Waals surface area contributed by atoms with Crippen LogP contribution in [0.3, 0.4) is 0 Å². The molecule has 0 fully saturated rings. The van der Waals surface area contributed by atoms with Gasteiger partial charge in [0.15, 0.2) is 0 Å². The minimum atomic E-state index is -0.910. The van der Waals surface area contributed by atoms with Crippen molar-refractivity contribution < 1.29 is 19.8 Å². The van der Waals surface area contributed by atoms with Gasteiger partial charge in [0.2, 0.25) is 5.91 Å². The van der Waals surface area contributed by atoms with E-state index in [9.17, 15) is 14.7 Å². The number of nitrogens with zero attached hydrogens (tertiary/aromatic N) is 1. The molecule has 3 N–H and O–H groups in total. The first-order valence-electron chi connectivity index (χ1n) is 5.20. The summed E-state index contributed by atoms with van der Waals surface area (Å²) in [4.78, 5) is 23.5. The third kappa shape index (κ3) is 6.36. The molecular formula is C10H20N2O4. The van der Waals surface area contributed by atoms with Crippen LogP contribution in [0.15, 0.2) is 0 Å². The highest BCUT2D eigenvalue weighted by Crippen LogP contribution is 2.01. The molecule has 0 saturated heterocycles. The molecule has 0 aromatic heterocycles. The van der Waals surface area contributed by atoms with E-state index in [-0.39, 0.29) is 25.5 Å². The predicted octanol–water partition coefficient (Wildman–Crippen LogP) is -0.864. The average molecular weight is 232 g/mol. The van der Waals surface area contributed by atoms with Crippen LogP contribution in [0, 0.1) is 5.92 Å². The van der Waals surface area contributed by atoms with E-state index in [2.05, 4.69) is 5.32 Å². The van der Waals surface area contributed by atoms with E-state index in [1.807, 2.05) is 0 Å². The number of hydrogen-bond acceptors (Lipinski definition) is 4. The number of hydrogen-bond donors (Lipinski definition) is 3. The molecule has 1 amide bonds. The first-order valence-corrected chi connectivity index (χ1v) is 5.20. The van der Waals surface area contributed by atoms with Crippen LogP contribution in [0.4, 0.5) is 0 Å². The molecule has 0 aliphatic rings. The minimum Gasteiger partial charge on any atom is -0.481 e. The maximum atomic E-state index is 11.2. The van der Waals surface area contributed by atoms with Crippen LogP contribution < -0.4 is 5.32 Å². The summed E-state index contributed by atoms with van der Waals surface area (Å²) < 4.78 is 0. The number of carbonyl (C=O) groups excluding carboxylic acids is 1. The molecule has 6 nitrogen and oxygen atoms in total. The number of aliphatic carboxylic acids is 1. The van der Waals surface area contributed by atoms with Gasteiger partial charge >= 0.3 is 5.97 Å². The summed E-state index contributed by atoms with van der Waals surface area (Å²) in [6, 6.07) is 0. The van der Waals surface area contributed by atoms with Gasteiger partial charge in [0.1, 0.15) is 0 Å². The topological polar surface area (TPSA) is 89.9 Å². The van der Waals surface area contributed by atoms with E-state index in [0.29, 0.717) is 0 Å². The second-order valence-electron chi connectivity index (χ2n) is 3.96. The monoisotopic (exact) mass is 232 g/mol. The molecule has 2 unspecified atom stereocenters. The largest absolute Gasteiger partial charge is 0.481 e. The minimum absolute atomic E-state index is 0.0962. The van der Waals surface area contributed by atoms with E-state index in [4.69, 9.17) is 5.11 Å². The number of carboxylic acids is 1. The molecule has 0 spiro atoms. The van der Waals surface area contributed by atoms with E-state index >= 15 is 0 Å². The Bertz CT molecular complexity index is 243. The normalized spacial score (nSPS) is 14.6. The lowest BCUT2D eigenvalue weighted by Crippen LogP contribution is -2.42. The molecular weight excluding hydrogens is 212 g/mol. The summed E-state index contributed by atoms with van der Waals surface area (Å²) in [5.41, 5.74) is 0. The maximum absolute atomic E-state index is 11.2. The lowest BCUT2D eigenvalue weighted by Gasteiger charge is -2.24. The van der Waals surface area contributed by atoms with Crippen LogP contribution in [0.1, 0.15) is 13.8 Å². The molecule has 0 radical (unpaired) electrons. The Morgan fingerprint density at radius 3 is 2.25 bits per heavy atom. The van der Waals surface area contributed by atoms with Crippen LogP contribution in [0.25, 0.3) is 0 Å². The first-order chi connectivity index (χ1) is 7.36. The number of carbonyl (C=O) groups is 2. The lowest BCUT2D eigenvalue weighted by molar-refractivity contribution is -0.142. The Labute approximate surface area is 95.2 Å². The Morgan fingerprint density at radius 2 is 1.88 bits per heavy atom. The fourth-order valence-electron chi connectivity index (χ4n) is 1.32. The smallest absolute Gasteiger partial charge is 0.307 e. The van der Waals surface area contributed by atoms with Crippen molar-refractivity contribution in [3.63, 3.8) is 0 Å². The van der Waals surface area contributed by atoms with Gasteiger partial charge in [-0.2, -0.15) is 0 Å². The highest BCUT2D eigenvalue weighted by Gasteiger charge is 2.19. The van der Waals surface area contributed by atoms with Gasteiger partial charge in [-0.1, -0.05) is 6.92 Å². The SMILES string of the molecule is CNC(=O)CN(CC(C)O)CC(C)C(=O)O. The molecule has 0 saturated carbocycles. The second-order valence-corrected chi connectivity index (χ2v) is 3.96. The van der Waals surface area contributed by atoms with Crippen LogP contribution in [0.5, 0.6) is 0 Å². The third-order valence-corrected chi connectivity index (χ3v) is 2.12. The molecule has 2 atom stereocenters. The zero-order valence-corrected chi connectivity index (χ0v) is 9.93. The molecule has 0 aliphatic carbocycles. The highest BCUT2D eigenvalue weighted by molar-refractivity contribution is 5.77. The molecule has 0 bridgehead atoms. The van der Waals surface area contributed by atoms with Gasteiger partial charge < -0.3 is 15.5 Å². The average Bonchev–Trinajstić information content (AvgIpc) is 2.16. The van der Waals surface area contributed by atoms with Gasteiger partial charge in [-0.3, -0.25) is 14.5 Å². The maximum Gasteiger partial charge on any atom is 0.307 e. The molecule has 94 valence electrons. The lowest BCUT2D eigenvalue weighted by atomic mass is 10.1. The third-order valence-electron chi connectivity index (χ3n) is 2.12. The summed E-state index contributed by atoms with van der Waals surface area (Å²) in [6.45, 7) is 3.79. The van der Waals surface area contributed by atoms with Crippen LogP contribution in [-0.4, -0.2) is 59.8 Å². The first kappa shape index (κ1) is 14.9. The van der Waals surface area contributed by atoms with E-state index in [0.717, 1.165) is 0 Å². The van der Waals surface area contributed by atoms with Gasteiger partial charge in [0.25, 0.3) is 0 Å². The van der Waals surface area contributed by atoms with Crippen LogP contribution in [0.2, 0.25) is 0 Å². The van der Waals surface area contributed by atoms with Gasteiger partial charge in [0.05, 0.1) is 18.6 Å². The fourth-order valence-corrected chi connectivity index (χ4v) is 1.32. The molecule has 0 heterocycles. The van der Waals surface area contributed by atoms with Crippen molar-refractivity contribution in [1.29, 1.82) is 0 Å². The van der Waals surface area contributed by atoms with Crippen LogP contribution in [-0.2, 0) is 9.59 Å². The molecule has 16 heavy (non-hydrogen) atoms. The Hall–Kier alpha value is -1.14. The summed E-state index contributed by atoms with van der Waals surface area (Å²) in [7, 11) is 1.52. The molecule has 0 aromatic rings. The zero-order chi connectivity index (χ0) is 12.7. The molecule has 0 aromatic carbocycles. The van der Waals surface area contributed by atoms with Crippen molar-refractivity contribution in [1.82, 2.24) is 10.2 Å². The van der Waals surface area contributed by atoms with Crippen LogP contribution >= 0.6 is 0 Å². The van der Waals surface area contributed by atoms with E-state index in [1.165, 1.54) is 7.05 Å². The van der Waals surface area contributed by atoms with Gasteiger partial charge in [-0.05, 0) is 6.92 Å². The van der Waals surface area contributed by atoms with E-state index in [1.54, 1.807) is 18.7 Å². The number of aliphatic hydroxyl groups excluding tert-OH is 1. The number of rotatable bonds is 7. The molecule has 6 heteroatoms. The number of aliphatic hydroxyl groups is 1. The van der Waals surface area contributed by atoms with Crippen molar-refractivity contribution in [2.24, 2.45) is 5.92 Å². The number of nitrogens with one attached hydrogen (secondary N) is 1. The van der Waals surface area contributed by atoms with Gasteiger partial charge in [0, 0.05) is 20.1 Å². The Balaban J connectivity index is 4.30. The predicted molar refractivity (Wildman–Crippen MR) is 59.0 cm³/mol.